The normalized spacial score (nSPS) is 14.4. The van der Waals surface area contributed by atoms with Gasteiger partial charge in [-0.15, -0.1) is 12.1 Å². The van der Waals surface area contributed by atoms with Gasteiger partial charge in [0.1, 0.15) is 21.7 Å². The number of rotatable bonds is 4. The number of hydrogen-bond acceptors (Lipinski definition) is 2. The van der Waals surface area contributed by atoms with Crippen molar-refractivity contribution in [2.24, 2.45) is 0 Å². The fourth-order valence-electron chi connectivity index (χ4n) is 3.31. The Labute approximate surface area is 237 Å². The quantitative estimate of drug-likeness (QED) is 0.114. The third-order valence-electron chi connectivity index (χ3n) is 4.91. The molecular formula is C30H30F3NO2PPd+. The Morgan fingerprint density at radius 1 is 0.895 bits per heavy atom. The Balaban J connectivity index is 0.000000322. The molecular weight excluding hydrogens is 601 g/mol. The molecule has 0 spiro atoms. The van der Waals surface area contributed by atoms with E-state index in [1.54, 1.807) is 0 Å². The second kappa shape index (κ2) is 16.7. The summed E-state index contributed by atoms with van der Waals surface area (Å²) in [6, 6.07) is 32.9. The van der Waals surface area contributed by atoms with Crippen molar-refractivity contribution in [3.8, 4) is 0 Å². The molecule has 0 amide bonds. The first-order valence-corrected chi connectivity index (χ1v) is 13.0. The van der Waals surface area contributed by atoms with Gasteiger partial charge >= 0.3 is 26.6 Å². The minimum Gasteiger partial charge on any atom is -0.682 e. The fourth-order valence-corrected chi connectivity index (χ4v) is 5.89. The van der Waals surface area contributed by atoms with E-state index in [9.17, 15) is 18.0 Å². The van der Waals surface area contributed by atoms with Crippen LogP contribution >= 0.6 is 7.92 Å². The van der Waals surface area contributed by atoms with Gasteiger partial charge in [-0.3, -0.25) is 0 Å². The Morgan fingerprint density at radius 3 is 1.53 bits per heavy atom. The van der Waals surface area contributed by atoms with Crippen LogP contribution in [0.1, 0.15) is 13.8 Å². The molecule has 1 atom stereocenters. The summed E-state index contributed by atoms with van der Waals surface area (Å²) in [5, 5.41) is 16.6. The Bertz CT molecular complexity index is 1100. The number of carbonyl (C=O) groups is 1. The number of allylic oxidation sites excluding steroid dienone is 5. The Kier molecular flexibility index (Phi) is 14.5. The second-order valence-corrected chi connectivity index (χ2v) is 10.5. The van der Waals surface area contributed by atoms with Gasteiger partial charge in [0.15, 0.2) is 0 Å². The summed E-state index contributed by atoms with van der Waals surface area (Å²) in [6.45, 7) is 6.71. The standard InChI is InChI=1S/C18H15P.C7H10N.C5H4F3O2.Pd/c1-4-10-16(11-5-1)19(17-12-6-2-7-13-17)18-14-8-3-9-15-18;1-6-4-3-5-7(2)8-6;1-3(9)2-4(10)5(6,7)8;/h1-15H;3-6H,1-2H3;2,10H,1H2;/q;2*-1;+2/p+1. The zero-order valence-corrected chi connectivity index (χ0v) is 23.6. The molecule has 1 aliphatic rings. The Hall–Kier alpha value is -3.10. The van der Waals surface area contributed by atoms with E-state index in [1.165, 1.54) is 15.9 Å². The van der Waals surface area contributed by atoms with Crippen LogP contribution in [0.3, 0.4) is 0 Å². The second-order valence-electron chi connectivity index (χ2n) is 8.03. The molecule has 38 heavy (non-hydrogen) atoms. The van der Waals surface area contributed by atoms with Crippen molar-refractivity contribution >= 4 is 29.6 Å². The molecule has 0 saturated heterocycles. The summed E-state index contributed by atoms with van der Waals surface area (Å²) >= 11 is 0. The van der Waals surface area contributed by atoms with E-state index >= 15 is 0 Å². The largest absolute Gasteiger partial charge is 2.00 e. The number of aliphatic hydroxyl groups excluding tert-OH is 1. The van der Waals surface area contributed by atoms with Crippen molar-refractivity contribution < 1.29 is 43.5 Å². The van der Waals surface area contributed by atoms with Gasteiger partial charge < -0.3 is 15.2 Å². The first-order chi connectivity index (χ1) is 17.6. The fraction of sp³-hybridized carbons (Fsp3) is 0.133. The van der Waals surface area contributed by atoms with Crippen molar-refractivity contribution in [2.75, 3.05) is 0 Å². The molecule has 3 aromatic carbocycles. The average molecular weight is 631 g/mol. The van der Waals surface area contributed by atoms with Crippen molar-refractivity contribution in [3.05, 3.63) is 139 Å². The number of halogens is 3. The molecule has 3 nitrogen and oxygen atoms in total. The molecule has 0 radical (unpaired) electrons. The number of nitrogens with zero attached hydrogens (tertiary/aromatic N) is 1. The van der Waals surface area contributed by atoms with Crippen LogP contribution in [-0.4, -0.2) is 23.1 Å². The molecule has 1 unspecified atom stereocenters. The minimum atomic E-state index is -4.85. The number of aliphatic hydroxyl groups is 1. The monoisotopic (exact) mass is 630 g/mol. The third kappa shape index (κ3) is 12.0. The van der Waals surface area contributed by atoms with Crippen molar-refractivity contribution in [1.82, 2.24) is 0 Å². The topological polar surface area (TPSA) is 51.4 Å². The first kappa shape index (κ1) is 32.9. The zero-order valence-electron chi connectivity index (χ0n) is 21.0. The number of carbonyl (C=O) groups excluding carboxylic acids is 1. The molecule has 3 aromatic rings. The van der Waals surface area contributed by atoms with Gasteiger partial charge in [-0.1, -0.05) is 86.7 Å². The van der Waals surface area contributed by atoms with Gasteiger partial charge in [-0.05, 0) is 36.4 Å². The molecule has 0 saturated carbocycles. The maximum atomic E-state index is 11.3. The molecule has 0 aliphatic carbocycles. The number of alkyl halides is 3. The average Bonchev–Trinajstić information content (AvgIpc) is 2.86. The maximum absolute atomic E-state index is 11.3. The van der Waals surface area contributed by atoms with E-state index in [-0.39, 0.29) is 26.5 Å². The molecule has 202 valence electrons. The van der Waals surface area contributed by atoms with Gasteiger partial charge in [0.05, 0.1) is 7.92 Å². The summed E-state index contributed by atoms with van der Waals surface area (Å²) in [6.07, 6.45) is 1.30. The predicted octanol–water partition coefficient (Wildman–Crippen LogP) is 6.79. The Morgan fingerprint density at radius 2 is 1.29 bits per heavy atom. The van der Waals surface area contributed by atoms with Crippen molar-refractivity contribution in [3.63, 3.8) is 0 Å². The zero-order chi connectivity index (χ0) is 27.3. The minimum absolute atomic E-state index is 0. The van der Waals surface area contributed by atoms with Crippen LogP contribution in [0.5, 0.6) is 0 Å². The summed E-state index contributed by atoms with van der Waals surface area (Å²) < 4.78 is 33.9. The molecule has 0 aromatic heterocycles. The van der Waals surface area contributed by atoms with Crippen LogP contribution in [0.15, 0.2) is 127 Å². The molecule has 8 heteroatoms. The van der Waals surface area contributed by atoms with Gasteiger partial charge in [0.25, 0.3) is 0 Å². The van der Waals surface area contributed by atoms with Crippen LogP contribution in [0, 0.1) is 6.92 Å². The van der Waals surface area contributed by atoms with Crippen LogP contribution < -0.4 is 15.9 Å². The van der Waals surface area contributed by atoms with E-state index in [2.05, 4.69) is 116 Å². The summed E-state index contributed by atoms with van der Waals surface area (Å²) in [7, 11) is -0.877. The predicted molar refractivity (Wildman–Crippen MR) is 149 cm³/mol. The SMILES string of the molecule is CC1=CC=CC(C)[N-]1.[CH2-]C(=O)C=C(O)C(F)(F)F.[Pd+2].c1ccc([PH+](c2ccccc2)c2ccccc2)cc1. The number of benzene rings is 3. The van der Waals surface area contributed by atoms with Crippen LogP contribution in [0.2, 0.25) is 0 Å². The molecule has 1 heterocycles. The summed E-state index contributed by atoms with van der Waals surface area (Å²) in [5.41, 5.74) is 1.13. The number of hydrogen-bond donors (Lipinski definition) is 1. The molecule has 1 aliphatic heterocycles. The van der Waals surface area contributed by atoms with E-state index in [4.69, 9.17) is 5.11 Å². The smallest absolute Gasteiger partial charge is 0.682 e. The number of ketones is 1. The van der Waals surface area contributed by atoms with Crippen LogP contribution in [-0.2, 0) is 25.2 Å². The van der Waals surface area contributed by atoms with E-state index in [1.807, 2.05) is 19.1 Å². The molecule has 1 N–H and O–H groups in total. The maximum Gasteiger partial charge on any atom is 2.00 e. The van der Waals surface area contributed by atoms with E-state index in [0.717, 1.165) is 5.70 Å². The summed E-state index contributed by atoms with van der Waals surface area (Å²) in [5.74, 6) is -3.01. The van der Waals surface area contributed by atoms with Crippen molar-refractivity contribution in [1.29, 1.82) is 0 Å². The van der Waals surface area contributed by atoms with Crippen LogP contribution in [0.4, 0.5) is 13.2 Å². The van der Waals surface area contributed by atoms with Gasteiger partial charge in [0, 0.05) is 5.78 Å². The first-order valence-electron chi connectivity index (χ1n) is 11.5. The molecule has 0 bridgehead atoms. The van der Waals surface area contributed by atoms with E-state index < -0.39 is 25.6 Å². The molecule has 0 fully saturated rings. The summed E-state index contributed by atoms with van der Waals surface area (Å²) in [4.78, 5) is 9.85. The van der Waals surface area contributed by atoms with Gasteiger partial charge in [-0.25, -0.2) is 0 Å². The third-order valence-corrected chi connectivity index (χ3v) is 7.64. The van der Waals surface area contributed by atoms with E-state index in [0.29, 0.717) is 6.04 Å². The van der Waals surface area contributed by atoms with Gasteiger partial charge in [-0.2, -0.15) is 25.8 Å². The van der Waals surface area contributed by atoms with Gasteiger partial charge in [0.2, 0.25) is 0 Å². The van der Waals surface area contributed by atoms with Crippen LogP contribution in [0.25, 0.3) is 5.32 Å². The van der Waals surface area contributed by atoms with Crippen molar-refractivity contribution in [2.45, 2.75) is 26.1 Å². The molecule has 4 rings (SSSR count).